The molecule has 0 bridgehead atoms. The summed E-state index contributed by atoms with van der Waals surface area (Å²) in [5.41, 5.74) is 4.31. The molecule has 142 valence electrons. The quantitative estimate of drug-likeness (QED) is 0.712. The molecule has 27 heavy (non-hydrogen) atoms. The van der Waals surface area contributed by atoms with Gasteiger partial charge in [0, 0.05) is 43.5 Å². The predicted molar refractivity (Wildman–Crippen MR) is 114 cm³/mol. The summed E-state index contributed by atoms with van der Waals surface area (Å²) >= 11 is 1.73. The van der Waals surface area contributed by atoms with Gasteiger partial charge in [0.1, 0.15) is 0 Å². The molecule has 1 fully saturated rings. The van der Waals surface area contributed by atoms with Crippen molar-refractivity contribution in [2.45, 2.75) is 19.8 Å². The Morgan fingerprint density at radius 3 is 2.70 bits per heavy atom. The normalized spacial score (nSPS) is 14.8. The molecule has 0 radical (unpaired) electrons. The van der Waals surface area contributed by atoms with E-state index in [0.717, 1.165) is 42.7 Å². The van der Waals surface area contributed by atoms with Crippen molar-refractivity contribution in [2.24, 2.45) is 5.92 Å². The van der Waals surface area contributed by atoms with Crippen LogP contribution in [0.3, 0.4) is 0 Å². The summed E-state index contributed by atoms with van der Waals surface area (Å²) < 4.78 is 1.22. The SMILES string of the molecule is CCNC(=O)C1CCN(c2cc(-c3ccncc3)nc3ccsc23)CC1.Cl. The molecule has 0 aliphatic carbocycles. The molecule has 1 N–H and O–H groups in total. The molecule has 4 rings (SSSR count). The van der Waals surface area contributed by atoms with E-state index in [2.05, 4.69) is 32.7 Å². The number of fused-ring (bicyclic) bond motifs is 1. The number of hydrogen-bond acceptors (Lipinski definition) is 5. The molecule has 1 saturated heterocycles. The first-order chi connectivity index (χ1) is 12.8. The molecule has 1 amide bonds. The predicted octanol–water partition coefficient (Wildman–Crippen LogP) is 4.13. The van der Waals surface area contributed by atoms with E-state index in [1.807, 2.05) is 19.1 Å². The van der Waals surface area contributed by atoms with E-state index in [1.54, 1.807) is 23.7 Å². The largest absolute Gasteiger partial charge is 0.370 e. The molecule has 1 aliphatic heterocycles. The third-order valence-corrected chi connectivity index (χ3v) is 5.85. The third-order valence-electron chi connectivity index (χ3n) is 4.92. The molecule has 1 aliphatic rings. The lowest BCUT2D eigenvalue weighted by atomic mass is 9.95. The number of halogens is 1. The van der Waals surface area contributed by atoms with Crippen molar-refractivity contribution in [1.29, 1.82) is 0 Å². The van der Waals surface area contributed by atoms with Gasteiger partial charge in [-0.1, -0.05) is 0 Å². The molecule has 0 saturated carbocycles. The molecular weight excluding hydrogens is 380 g/mol. The zero-order valence-corrected chi connectivity index (χ0v) is 16.9. The molecule has 3 aromatic rings. The van der Waals surface area contributed by atoms with Crippen LogP contribution in [0.15, 0.2) is 42.0 Å². The van der Waals surface area contributed by atoms with Crippen LogP contribution in [0.25, 0.3) is 21.5 Å². The van der Waals surface area contributed by atoms with Crippen LogP contribution >= 0.6 is 23.7 Å². The Kier molecular flexibility index (Phi) is 6.29. The van der Waals surface area contributed by atoms with Crippen LogP contribution in [0.2, 0.25) is 0 Å². The van der Waals surface area contributed by atoms with Crippen molar-refractivity contribution >= 4 is 45.6 Å². The van der Waals surface area contributed by atoms with Crippen LogP contribution in [0, 0.1) is 5.92 Å². The minimum atomic E-state index is 0. The van der Waals surface area contributed by atoms with E-state index >= 15 is 0 Å². The number of anilines is 1. The van der Waals surface area contributed by atoms with Gasteiger partial charge in [0.2, 0.25) is 5.91 Å². The van der Waals surface area contributed by atoms with E-state index < -0.39 is 0 Å². The van der Waals surface area contributed by atoms with E-state index in [0.29, 0.717) is 6.54 Å². The Hall–Kier alpha value is -2.18. The zero-order valence-electron chi connectivity index (χ0n) is 15.2. The van der Waals surface area contributed by atoms with Gasteiger partial charge in [-0.05, 0) is 49.4 Å². The summed E-state index contributed by atoms with van der Waals surface area (Å²) in [6, 6.07) is 8.24. The molecule has 0 spiro atoms. The molecule has 4 heterocycles. The first kappa shape index (κ1) is 19.6. The lowest BCUT2D eigenvalue weighted by Crippen LogP contribution is -2.40. The highest BCUT2D eigenvalue weighted by atomic mass is 35.5. The molecule has 0 aromatic carbocycles. The van der Waals surface area contributed by atoms with Gasteiger partial charge < -0.3 is 10.2 Å². The number of carbonyl (C=O) groups excluding carboxylic acids is 1. The number of carbonyl (C=O) groups is 1. The topological polar surface area (TPSA) is 58.1 Å². The van der Waals surface area contributed by atoms with Crippen LogP contribution in [0.4, 0.5) is 5.69 Å². The highest BCUT2D eigenvalue weighted by molar-refractivity contribution is 7.17. The van der Waals surface area contributed by atoms with E-state index in [4.69, 9.17) is 4.98 Å². The van der Waals surface area contributed by atoms with E-state index in [1.165, 1.54) is 10.4 Å². The van der Waals surface area contributed by atoms with Crippen LogP contribution in [-0.4, -0.2) is 35.5 Å². The first-order valence-corrected chi connectivity index (χ1v) is 9.95. The Morgan fingerprint density at radius 1 is 1.26 bits per heavy atom. The summed E-state index contributed by atoms with van der Waals surface area (Å²) in [7, 11) is 0. The molecule has 7 heteroatoms. The average Bonchev–Trinajstić information content (AvgIpc) is 3.17. The van der Waals surface area contributed by atoms with Gasteiger partial charge in [-0.25, -0.2) is 4.98 Å². The van der Waals surface area contributed by atoms with Gasteiger partial charge in [-0.2, -0.15) is 0 Å². The fourth-order valence-corrected chi connectivity index (χ4v) is 4.42. The van der Waals surface area contributed by atoms with Crippen molar-refractivity contribution in [3.05, 3.63) is 42.0 Å². The first-order valence-electron chi connectivity index (χ1n) is 9.07. The second-order valence-electron chi connectivity index (χ2n) is 6.55. The van der Waals surface area contributed by atoms with Crippen LogP contribution in [0.5, 0.6) is 0 Å². The van der Waals surface area contributed by atoms with E-state index in [9.17, 15) is 4.79 Å². The lowest BCUT2D eigenvalue weighted by molar-refractivity contribution is -0.125. The summed E-state index contributed by atoms with van der Waals surface area (Å²) in [5.74, 6) is 0.326. The molecular formula is C20H23ClN4OS. The number of nitrogens with zero attached hydrogens (tertiary/aromatic N) is 3. The van der Waals surface area contributed by atoms with Crippen molar-refractivity contribution in [2.75, 3.05) is 24.5 Å². The van der Waals surface area contributed by atoms with Crippen molar-refractivity contribution < 1.29 is 4.79 Å². The maximum atomic E-state index is 12.1. The van der Waals surface area contributed by atoms with Gasteiger partial charge in [-0.15, -0.1) is 23.7 Å². The lowest BCUT2D eigenvalue weighted by Gasteiger charge is -2.33. The van der Waals surface area contributed by atoms with Crippen molar-refractivity contribution in [3.8, 4) is 11.3 Å². The van der Waals surface area contributed by atoms with Gasteiger partial charge in [0.05, 0.1) is 21.6 Å². The number of piperidine rings is 1. The zero-order chi connectivity index (χ0) is 17.9. The maximum Gasteiger partial charge on any atom is 0.223 e. The fourth-order valence-electron chi connectivity index (χ4n) is 3.55. The number of nitrogens with one attached hydrogen (secondary N) is 1. The van der Waals surface area contributed by atoms with Gasteiger partial charge in [0.25, 0.3) is 0 Å². The summed E-state index contributed by atoms with van der Waals surface area (Å²) in [6.07, 6.45) is 5.38. The Morgan fingerprint density at radius 2 is 2.00 bits per heavy atom. The van der Waals surface area contributed by atoms with Crippen LogP contribution in [0.1, 0.15) is 19.8 Å². The summed E-state index contributed by atoms with van der Waals surface area (Å²) in [5, 5.41) is 5.05. The molecule has 3 aromatic heterocycles. The number of aromatic nitrogens is 2. The molecule has 5 nitrogen and oxygen atoms in total. The average molecular weight is 403 g/mol. The standard InChI is InChI=1S/C20H22N4OS.ClH/c1-2-22-20(25)15-5-10-24(11-6-15)18-13-17(14-3-8-21-9-4-14)23-16-7-12-26-19(16)18;/h3-4,7-9,12-13,15H,2,5-6,10-11H2,1H3,(H,22,25);1H. The Bertz CT molecular complexity index is 907. The Labute approximate surface area is 169 Å². The highest BCUT2D eigenvalue weighted by Crippen LogP contribution is 2.36. The summed E-state index contributed by atoms with van der Waals surface area (Å²) in [6.45, 7) is 4.47. The smallest absolute Gasteiger partial charge is 0.223 e. The van der Waals surface area contributed by atoms with E-state index in [-0.39, 0.29) is 24.2 Å². The number of pyridine rings is 2. The van der Waals surface area contributed by atoms with Gasteiger partial charge in [-0.3, -0.25) is 9.78 Å². The maximum absolute atomic E-state index is 12.1. The molecule has 0 unspecified atom stereocenters. The minimum Gasteiger partial charge on any atom is -0.370 e. The Balaban J connectivity index is 0.00000210. The number of amides is 1. The van der Waals surface area contributed by atoms with Crippen molar-refractivity contribution in [1.82, 2.24) is 15.3 Å². The monoisotopic (exact) mass is 402 g/mol. The number of hydrogen-bond donors (Lipinski definition) is 1. The summed E-state index contributed by atoms with van der Waals surface area (Å²) in [4.78, 5) is 23.4. The number of thiophene rings is 1. The highest BCUT2D eigenvalue weighted by Gasteiger charge is 2.26. The number of rotatable bonds is 4. The van der Waals surface area contributed by atoms with Gasteiger partial charge in [0.15, 0.2) is 0 Å². The molecule has 0 atom stereocenters. The van der Waals surface area contributed by atoms with Crippen LogP contribution in [-0.2, 0) is 4.79 Å². The minimum absolute atomic E-state index is 0. The fraction of sp³-hybridized carbons (Fsp3) is 0.350. The van der Waals surface area contributed by atoms with Crippen molar-refractivity contribution in [3.63, 3.8) is 0 Å². The second kappa shape index (κ2) is 8.67. The van der Waals surface area contributed by atoms with Gasteiger partial charge >= 0.3 is 0 Å². The second-order valence-corrected chi connectivity index (χ2v) is 7.47. The van der Waals surface area contributed by atoms with Crippen LogP contribution < -0.4 is 10.2 Å². The third kappa shape index (κ3) is 4.06.